The number of benzene rings is 2. The minimum absolute atomic E-state index is 0.161. The molecule has 118 valence electrons. The first kappa shape index (κ1) is 14.8. The van der Waals surface area contributed by atoms with E-state index in [1.54, 1.807) is 12.1 Å². The number of rotatable bonds is 4. The number of phenolic OH excluding ortho intramolecular Hbond substituents is 3. The number of hydrogen-bond acceptors (Lipinski definition) is 4. The van der Waals surface area contributed by atoms with Crippen LogP contribution in [0.15, 0.2) is 42.6 Å². The molecule has 23 heavy (non-hydrogen) atoms. The monoisotopic (exact) mass is 312 g/mol. The van der Waals surface area contributed by atoms with Crippen molar-refractivity contribution in [2.75, 3.05) is 6.54 Å². The summed E-state index contributed by atoms with van der Waals surface area (Å²) in [6.07, 6.45) is 2.46. The second kappa shape index (κ2) is 5.92. The number of amides is 1. The van der Waals surface area contributed by atoms with Gasteiger partial charge in [-0.15, -0.1) is 0 Å². The van der Waals surface area contributed by atoms with Gasteiger partial charge in [-0.3, -0.25) is 4.79 Å². The first-order valence-corrected chi connectivity index (χ1v) is 7.13. The highest BCUT2D eigenvalue weighted by Crippen LogP contribution is 2.23. The van der Waals surface area contributed by atoms with Gasteiger partial charge in [0.2, 0.25) is 0 Å². The molecule has 0 aliphatic carbocycles. The van der Waals surface area contributed by atoms with Crippen LogP contribution in [0.3, 0.4) is 0 Å². The highest BCUT2D eigenvalue weighted by atomic mass is 16.3. The van der Waals surface area contributed by atoms with Gasteiger partial charge in [0, 0.05) is 41.3 Å². The van der Waals surface area contributed by atoms with Crippen molar-refractivity contribution in [3.63, 3.8) is 0 Å². The SMILES string of the molecule is O=C(NCCc1c[nH]c2cc(O)ccc12)c1cc(O)cc(O)c1. The van der Waals surface area contributed by atoms with Crippen LogP contribution in [0.1, 0.15) is 15.9 Å². The van der Waals surface area contributed by atoms with E-state index >= 15 is 0 Å². The van der Waals surface area contributed by atoms with Gasteiger partial charge in [0.15, 0.2) is 0 Å². The van der Waals surface area contributed by atoms with E-state index in [-0.39, 0.29) is 28.7 Å². The molecule has 2 aromatic carbocycles. The quantitative estimate of drug-likeness (QED) is 0.509. The lowest BCUT2D eigenvalue weighted by Crippen LogP contribution is -2.25. The summed E-state index contributed by atoms with van der Waals surface area (Å²) >= 11 is 0. The minimum atomic E-state index is -0.367. The predicted molar refractivity (Wildman–Crippen MR) is 85.8 cm³/mol. The van der Waals surface area contributed by atoms with Gasteiger partial charge in [-0.25, -0.2) is 0 Å². The molecule has 0 atom stereocenters. The number of carbonyl (C=O) groups excluding carboxylic acids is 1. The Kier molecular flexibility index (Phi) is 3.80. The fourth-order valence-corrected chi connectivity index (χ4v) is 2.52. The van der Waals surface area contributed by atoms with E-state index in [9.17, 15) is 20.1 Å². The number of carbonyl (C=O) groups is 1. The average molecular weight is 312 g/mol. The molecule has 0 spiro atoms. The highest BCUT2D eigenvalue weighted by molar-refractivity contribution is 5.95. The summed E-state index contributed by atoms with van der Waals surface area (Å²) in [4.78, 5) is 15.1. The topological polar surface area (TPSA) is 106 Å². The summed E-state index contributed by atoms with van der Waals surface area (Å²) in [6, 6.07) is 8.84. The van der Waals surface area contributed by atoms with Gasteiger partial charge in [0.1, 0.15) is 17.2 Å². The van der Waals surface area contributed by atoms with Gasteiger partial charge < -0.3 is 25.6 Å². The zero-order valence-corrected chi connectivity index (χ0v) is 12.2. The molecule has 5 N–H and O–H groups in total. The largest absolute Gasteiger partial charge is 0.508 e. The molecule has 0 radical (unpaired) electrons. The van der Waals surface area contributed by atoms with E-state index in [4.69, 9.17) is 0 Å². The van der Waals surface area contributed by atoms with Gasteiger partial charge in [0.25, 0.3) is 5.91 Å². The third-order valence-electron chi connectivity index (χ3n) is 3.60. The molecule has 0 aliphatic heterocycles. The second-order valence-corrected chi connectivity index (χ2v) is 5.29. The maximum atomic E-state index is 12.0. The van der Waals surface area contributed by atoms with Crippen molar-refractivity contribution in [1.29, 1.82) is 0 Å². The molecule has 0 saturated heterocycles. The molecule has 3 aromatic rings. The fourth-order valence-electron chi connectivity index (χ4n) is 2.52. The number of hydrogen-bond donors (Lipinski definition) is 5. The number of aromatic hydroxyl groups is 3. The van der Waals surface area contributed by atoms with Gasteiger partial charge in [-0.05, 0) is 36.2 Å². The molecule has 6 heteroatoms. The standard InChI is InChI=1S/C17H16N2O4/c20-12-1-2-15-10(9-19-16(15)8-12)3-4-18-17(23)11-5-13(21)7-14(22)6-11/h1-2,5-9,19-22H,3-4H2,(H,18,23). The smallest absolute Gasteiger partial charge is 0.251 e. The summed E-state index contributed by atoms with van der Waals surface area (Å²) in [5.74, 6) is -0.491. The van der Waals surface area contributed by atoms with Crippen LogP contribution in [0.5, 0.6) is 17.2 Å². The molecule has 0 fully saturated rings. The first-order chi connectivity index (χ1) is 11.0. The minimum Gasteiger partial charge on any atom is -0.508 e. The number of aromatic amines is 1. The Bertz CT molecular complexity index is 850. The van der Waals surface area contributed by atoms with Crippen molar-refractivity contribution >= 4 is 16.8 Å². The Hall–Kier alpha value is -3.15. The summed E-state index contributed by atoms with van der Waals surface area (Å²) in [5.41, 5.74) is 2.06. The molecule has 3 rings (SSSR count). The number of fused-ring (bicyclic) bond motifs is 1. The lowest BCUT2D eigenvalue weighted by Gasteiger charge is -2.06. The van der Waals surface area contributed by atoms with E-state index < -0.39 is 0 Å². The van der Waals surface area contributed by atoms with Gasteiger partial charge in [-0.1, -0.05) is 0 Å². The molecular weight excluding hydrogens is 296 g/mol. The molecule has 0 unspecified atom stereocenters. The number of nitrogens with one attached hydrogen (secondary N) is 2. The molecule has 0 saturated carbocycles. The molecule has 0 bridgehead atoms. The van der Waals surface area contributed by atoms with E-state index in [1.807, 2.05) is 12.3 Å². The van der Waals surface area contributed by atoms with Crippen LogP contribution in [0.25, 0.3) is 10.9 Å². The Balaban J connectivity index is 1.65. The van der Waals surface area contributed by atoms with Crippen molar-refractivity contribution in [3.05, 3.63) is 53.7 Å². The Morgan fingerprint density at radius 1 is 1.00 bits per heavy atom. The summed E-state index contributed by atoms with van der Waals surface area (Å²) in [7, 11) is 0. The maximum Gasteiger partial charge on any atom is 0.251 e. The van der Waals surface area contributed by atoms with Crippen molar-refractivity contribution in [2.24, 2.45) is 0 Å². The Labute approximate surface area is 132 Å². The Morgan fingerprint density at radius 2 is 1.74 bits per heavy atom. The first-order valence-electron chi connectivity index (χ1n) is 7.13. The van der Waals surface area contributed by atoms with Crippen LogP contribution in [0, 0.1) is 0 Å². The van der Waals surface area contributed by atoms with Crippen molar-refractivity contribution in [1.82, 2.24) is 10.3 Å². The molecule has 1 amide bonds. The van der Waals surface area contributed by atoms with Crippen LogP contribution in [0.2, 0.25) is 0 Å². The van der Waals surface area contributed by atoms with E-state index in [0.717, 1.165) is 22.5 Å². The number of H-pyrrole nitrogens is 1. The van der Waals surface area contributed by atoms with Crippen molar-refractivity contribution in [3.8, 4) is 17.2 Å². The van der Waals surface area contributed by atoms with E-state index in [2.05, 4.69) is 10.3 Å². The Morgan fingerprint density at radius 3 is 2.48 bits per heavy atom. The van der Waals surface area contributed by atoms with E-state index in [1.165, 1.54) is 12.1 Å². The van der Waals surface area contributed by atoms with E-state index in [0.29, 0.717) is 13.0 Å². The predicted octanol–water partition coefficient (Wildman–Crippen LogP) is 2.26. The van der Waals surface area contributed by atoms with Crippen LogP contribution >= 0.6 is 0 Å². The third kappa shape index (κ3) is 3.21. The van der Waals surface area contributed by atoms with Crippen LogP contribution < -0.4 is 5.32 Å². The average Bonchev–Trinajstić information content (AvgIpc) is 2.88. The van der Waals surface area contributed by atoms with Crippen LogP contribution in [0.4, 0.5) is 0 Å². The fraction of sp³-hybridized carbons (Fsp3) is 0.118. The molecule has 1 heterocycles. The molecule has 6 nitrogen and oxygen atoms in total. The molecular formula is C17H16N2O4. The zero-order valence-electron chi connectivity index (χ0n) is 12.2. The van der Waals surface area contributed by atoms with Gasteiger partial charge >= 0.3 is 0 Å². The maximum absolute atomic E-state index is 12.0. The van der Waals surface area contributed by atoms with Crippen molar-refractivity contribution < 1.29 is 20.1 Å². The summed E-state index contributed by atoms with van der Waals surface area (Å²) in [6.45, 7) is 0.406. The second-order valence-electron chi connectivity index (χ2n) is 5.29. The lowest BCUT2D eigenvalue weighted by atomic mass is 10.1. The number of aromatic nitrogens is 1. The lowest BCUT2D eigenvalue weighted by molar-refractivity contribution is 0.0953. The van der Waals surface area contributed by atoms with Crippen LogP contribution in [-0.2, 0) is 6.42 Å². The highest BCUT2D eigenvalue weighted by Gasteiger charge is 2.09. The molecule has 1 aromatic heterocycles. The number of phenols is 3. The third-order valence-corrected chi connectivity index (χ3v) is 3.60. The van der Waals surface area contributed by atoms with Crippen molar-refractivity contribution in [2.45, 2.75) is 6.42 Å². The zero-order chi connectivity index (χ0) is 16.4. The summed E-state index contributed by atoms with van der Waals surface area (Å²) in [5, 5.41) is 32.0. The molecule has 0 aliphatic rings. The summed E-state index contributed by atoms with van der Waals surface area (Å²) < 4.78 is 0. The normalized spacial score (nSPS) is 10.8. The van der Waals surface area contributed by atoms with Gasteiger partial charge in [0.05, 0.1) is 0 Å². The van der Waals surface area contributed by atoms with Crippen LogP contribution in [-0.4, -0.2) is 32.8 Å². The van der Waals surface area contributed by atoms with Gasteiger partial charge in [-0.2, -0.15) is 0 Å².